The van der Waals surface area contributed by atoms with E-state index in [-0.39, 0.29) is 62.4 Å². The Balaban J connectivity index is 3.08. The van der Waals surface area contributed by atoms with Crippen molar-refractivity contribution in [3.63, 3.8) is 0 Å². The van der Waals surface area contributed by atoms with Crippen LogP contribution in [-0.4, -0.2) is 260 Å². The zero-order valence-electron chi connectivity index (χ0n) is 59.2. The Morgan fingerprint density at radius 2 is 0.922 bits per heavy atom. The minimum Gasteiger partial charge on any atom is -0.370 e. The van der Waals surface area contributed by atoms with Gasteiger partial charge in [-0.15, -0.1) is 0 Å². The van der Waals surface area contributed by atoms with Crippen LogP contribution in [0.2, 0.25) is 0 Å². The first-order valence-electron chi connectivity index (χ1n) is 32.3. The zero-order chi connectivity index (χ0) is 69.3. The van der Waals surface area contributed by atoms with Crippen LogP contribution < -0.4 is 21.3 Å². The maximum atomic E-state index is 15.3. The average Bonchev–Trinajstić information content (AvgIpc) is 1.55. The van der Waals surface area contributed by atoms with Crippen molar-refractivity contribution >= 4 is 65.0 Å². The van der Waals surface area contributed by atoms with Crippen LogP contribution in [0.15, 0.2) is 12.2 Å². The number of hydrogen-bond donors (Lipinski definition) is 4. The van der Waals surface area contributed by atoms with E-state index < -0.39 is 156 Å². The van der Waals surface area contributed by atoms with Crippen LogP contribution >= 0.6 is 0 Å². The van der Waals surface area contributed by atoms with Crippen molar-refractivity contribution in [3.05, 3.63) is 12.2 Å². The van der Waals surface area contributed by atoms with Crippen molar-refractivity contribution in [1.82, 2.24) is 60.5 Å². The third-order valence-corrected chi connectivity index (χ3v) is 17.2. The smallest absolute Gasteiger partial charge is 0.273 e. The fourth-order valence-electron chi connectivity index (χ4n) is 11.5. The molecule has 2 rings (SSSR count). The van der Waals surface area contributed by atoms with E-state index in [4.69, 9.17) is 9.47 Å². The molecule has 514 valence electrons. The molecule has 14 atom stereocenters. The molecular weight excluding hydrogens is 1160 g/mol. The van der Waals surface area contributed by atoms with Gasteiger partial charge in [0.2, 0.25) is 65.3 Å². The molecule has 2 aliphatic heterocycles. The number of rotatable bonds is 17. The average molecular weight is 1270 g/mol. The maximum Gasteiger partial charge on any atom is 0.273 e. The van der Waals surface area contributed by atoms with Gasteiger partial charge in [-0.3, -0.25) is 52.7 Å². The highest BCUT2D eigenvalue weighted by Gasteiger charge is 2.51. The minimum atomic E-state index is -1.64. The third-order valence-electron chi connectivity index (χ3n) is 17.2. The van der Waals surface area contributed by atoms with Crippen molar-refractivity contribution in [2.24, 2.45) is 35.5 Å². The first-order chi connectivity index (χ1) is 41.7. The highest BCUT2D eigenvalue weighted by Crippen LogP contribution is 2.30. The van der Waals surface area contributed by atoms with E-state index in [1.54, 1.807) is 41.8 Å². The monoisotopic (exact) mass is 1270 g/mol. The quantitative estimate of drug-likeness (QED) is 0.153. The molecule has 0 spiro atoms. The van der Waals surface area contributed by atoms with E-state index in [1.165, 1.54) is 92.6 Å². The SMILES string of the molecule is C/C=C/C[C@@H](C)[C@H]1OC(C)[C@H]2C(=O)N(C)[C@@H]1C(=O)N[C@@H](CC)C(=O)N(C)[C@H](OCCN(C)C)C(=O)N(C)[C@@H](CC(C)C)C(=O)N[C@@H](C(C)C)C(=O)N(C)[C@@H](CC(C)C)C(=O)N[C@@H](C)C(=O)N[C@H](C)C(=O)N(C)[C@@H](CC(C)C)C(=O)N(C)[C@@H](CC(C)C)C(=O)N2C. The Labute approximate surface area is 538 Å². The molecule has 90 heavy (non-hydrogen) atoms. The molecule has 0 aromatic carbocycles. The summed E-state index contributed by atoms with van der Waals surface area (Å²) in [6, 6.07) is -12.4. The Kier molecular flexibility index (Phi) is 32.1. The molecule has 0 radical (unpaired) electrons. The van der Waals surface area contributed by atoms with E-state index in [1.807, 2.05) is 86.3 Å². The molecule has 25 nitrogen and oxygen atoms in total. The predicted molar refractivity (Wildman–Crippen MR) is 345 cm³/mol. The van der Waals surface area contributed by atoms with Crippen LogP contribution in [0.1, 0.15) is 149 Å². The fourth-order valence-corrected chi connectivity index (χ4v) is 11.5. The second kappa shape index (κ2) is 36.1. The van der Waals surface area contributed by atoms with Gasteiger partial charge in [0.25, 0.3) is 5.91 Å². The van der Waals surface area contributed by atoms with Gasteiger partial charge in [0.1, 0.15) is 60.4 Å². The number of allylic oxidation sites excluding steroid dienone is 2. The van der Waals surface area contributed by atoms with Crippen molar-refractivity contribution in [3.8, 4) is 0 Å². The lowest BCUT2D eigenvalue weighted by Gasteiger charge is -2.39. The number of nitrogens with one attached hydrogen (secondary N) is 4. The van der Waals surface area contributed by atoms with Gasteiger partial charge < -0.3 is 69.9 Å². The summed E-state index contributed by atoms with van der Waals surface area (Å²) >= 11 is 0. The van der Waals surface area contributed by atoms with E-state index in [0.29, 0.717) is 13.0 Å². The molecule has 2 aliphatic rings. The summed E-state index contributed by atoms with van der Waals surface area (Å²) in [6.07, 6.45) is 1.07. The van der Waals surface area contributed by atoms with E-state index in [0.717, 1.165) is 4.90 Å². The lowest BCUT2D eigenvalue weighted by molar-refractivity contribution is -0.168. The first kappa shape index (κ1) is 79.9. The predicted octanol–water partition coefficient (Wildman–Crippen LogP) is 2.94. The number of likely N-dealkylation sites (N-methyl/N-ethyl adjacent to an activating group) is 8. The van der Waals surface area contributed by atoms with Crippen LogP contribution in [0.5, 0.6) is 0 Å². The lowest BCUT2D eigenvalue weighted by atomic mass is 9.92. The van der Waals surface area contributed by atoms with Gasteiger partial charge in [0.05, 0.1) is 18.8 Å². The van der Waals surface area contributed by atoms with Gasteiger partial charge in [-0.25, -0.2) is 0 Å². The molecule has 0 aromatic heterocycles. The number of carbonyl (C=O) groups is 11. The molecule has 0 aliphatic carbocycles. The lowest BCUT2D eigenvalue weighted by Crippen LogP contribution is -2.62. The Bertz CT molecular complexity index is 2490. The molecule has 1 unspecified atom stereocenters. The van der Waals surface area contributed by atoms with Gasteiger partial charge in [-0.2, -0.15) is 0 Å². The summed E-state index contributed by atoms with van der Waals surface area (Å²) < 4.78 is 13.1. The molecule has 25 heteroatoms. The normalized spacial score (nSPS) is 28.8. The van der Waals surface area contributed by atoms with Crippen molar-refractivity contribution in [2.75, 3.05) is 76.6 Å². The first-order valence-corrected chi connectivity index (χ1v) is 32.3. The van der Waals surface area contributed by atoms with Crippen LogP contribution in [-0.2, 0) is 62.2 Å². The molecule has 2 heterocycles. The number of nitrogens with zero attached hydrogens (tertiary/aromatic N) is 8. The Morgan fingerprint density at radius 1 is 0.489 bits per heavy atom. The molecule has 2 bridgehead atoms. The zero-order valence-corrected chi connectivity index (χ0v) is 59.2. The number of fused-ring (bicyclic) bond motifs is 3. The summed E-state index contributed by atoms with van der Waals surface area (Å²) in [4.78, 5) is 174. The summed E-state index contributed by atoms with van der Waals surface area (Å²) in [7, 11) is 13.6. The van der Waals surface area contributed by atoms with Crippen LogP contribution in [0.25, 0.3) is 0 Å². The molecule has 0 aromatic rings. The van der Waals surface area contributed by atoms with Crippen LogP contribution in [0.4, 0.5) is 0 Å². The fraction of sp³-hybridized carbons (Fsp3) is 0.800. The van der Waals surface area contributed by atoms with Gasteiger partial charge in [0.15, 0.2) is 0 Å². The molecule has 2 fully saturated rings. The number of hydrogen-bond acceptors (Lipinski definition) is 14. The molecule has 2 saturated heterocycles. The second-order valence-electron chi connectivity index (χ2n) is 27.4. The molecular formula is C65H116N12O13. The van der Waals surface area contributed by atoms with Crippen LogP contribution in [0.3, 0.4) is 0 Å². The summed E-state index contributed by atoms with van der Waals surface area (Å²) in [5.74, 6) is -9.07. The van der Waals surface area contributed by atoms with Crippen molar-refractivity contribution in [1.29, 1.82) is 0 Å². The molecule has 4 N–H and O–H groups in total. The highest BCUT2D eigenvalue weighted by atomic mass is 16.5. The number of carbonyl (C=O) groups excluding carboxylic acids is 11. The number of amides is 11. The van der Waals surface area contributed by atoms with Gasteiger partial charge in [-0.1, -0.05) is 95.2 Å². The maximum absolute atomic E-state index is 15.3. The highest BCUT2D eigenvalue weighted by molar-refractivity contribution is 6.00. The Morgan fingerprint density at radius 3 is 1.39 bits per heavy atom. The topological polar surface area (TPSA) is 280 Å². The largest absolute Gasteiger partial charge is 0.370 e. The van der Waals surface area contributed by atoms with Crippen molar-refractivity contribution < 1.29 is 62.2 Å². The van der Waals surface area contributed by atoms with Crippen LogP contribution in [0, 0.1) is 35.5 Å². The van der Waals surface area contributed by atoms with E-state index in [2.05, 4.69) is 21.3 Å². The Hall–Kier alpha value is -6.21. The van der Waals surface area contributed by atoms with Gasteiger partial charge >= 0.3 is 0 Å². The standard InChI is InChI=1S/C65H116N12O13/c1-26-28-29-41(13)53-52-57(81)68-45(27-2)59(83)77(25)65(89-31-30-70(17)18)64(88)72(20)47(33-37(5)6)56(80)69-50(40(11)12)62(86)71(19)46(32-36(3)4)55(79)66-42(14)54(78)67-43(15)58(82)73(21)48(34-38(7)8)60(84)74(22)49(35-39(9)10)61(85)75(23)51(44(16)90-53)63(87)76(52)24/h26,28,36-53,65H,27,29-35H2,1-25H3,(H,66,79)(H,67,78)(H,68,81)(H,69,80)/b28-26+/t41-,42+,43-,44?,45+,46+,47+,48+,49+,50+,51+,52+,53-,65-/m1/s1. The molecule has 11 amide bonds. The minimum absolute atomic E-state index is 0.0132. The van der Waals surface area contributed by atoms with E-state index >= 15 is 24.0 Å². The number of ether oxygens (including phenoxy) is 2. The molecule has 0 saturated carbocycles. The summed E-state index contributed by atoms with van der Waals surface area (Å²) in [5, 5.41) is 11.2. The third kappa shape index (κ3) is 21.4. The van der Waals surface area contributed by atoms with Crippen molar-refractivity contribution in [2.45, 2.75) is 228 Å². The summed E-state index contributed by atoms with van der Waals surface area (Å²) in [5.41, 5.74) is 0. The van der Waals surface area contributed by atoms with Gasteiger partial charge in [0, 0.05) is 55.9 Å². The van der Waals surface area contributed by atoms with Gasteiger partial charge in [-0.05, 0) is 116 Å². The second-order valence-corrected chi connectivity index (χ2v) is 27.4. The summed E-state index contributed by atoms with van der Waals surface area (Å²) in [6.45, 7) is 28.6. The van der Waals surface area contributed by atoms with E-state index in [9.17, 15) is 28.8 Å².